The number of rotatable bonds is 6. The normalized spacial score (nSPS) is 10.4. The van der Waals surface area contributed by atoms with Crippen molar-refractivity contribution in [3.8, 4) is 11.5 Å². The number of hydrogen-bond acceptors (Lipinski definition) is 3. The first-order valence-corrected chi connectivity index (χ1v) is 7.81. The smallest absolute Gasteiger partial charge is 0.255 e. The average molecular weight is 321 g/mol. The van der Waals surface area contributed by atoms with Crippen LogP contribution in [0.5, 0.6) is 11.5 Å². The minimum Gasteiger partial charge on any atom is -0.496 e. The van der Waals surface area contributed by atoms with E-state index in [0.29, 0.717) is 24.5 Å². The Morgan fingerprint density at radius 3 is 2.33 bits per heavy atom. The lowest BCUT2D eigenvalue weighted by molar-refractivity contribution is 0.0944. The predicted molar refractivity (Wildman–Crippen MR) is 94.8 cm³/mol. The van der Waals surface area contributed by atoms with Gasteiger partial charge in [-0.05, 0) is 35.0 Å². The Hall–Kier alpha value is -3.01. The SMILES string of the molecule is COc1cc2ccccc2cc1C(=O)NCCOc1ccccc1. The lowest BCUT2D eigenvalue weighted by Crippen LogP contribution is -2.28. The zero-order valence-corrected chi connectivity index (χ0v) is 13.5. The van der Waals surface area contributed by atoms with Crippen LogP contribution in [0.15, 0.2) is 66.7 Å². The largest absolute Gasteiger partial charge is 0.496 e. The molecular weight excluding hydrogens is 302 g/mol. The van der Waals surface area contributed by atoms with Crippen LogP contribution < -0.4 is 14.8 Å². The fourth-order valence-electron chi connectivity index (χ4n) is 2.51. The lowest BCUT2D eigenvalue weighted by atomic mass is 10.1. The molecule has 0 aliphatic rings. The van der Waals surface area contributed by atoms with Crippen LogP contribution in [0.1, 0.15) is 10.4 Å². The minimum absolute atomic E-state index is 0.172. The Labute approximate surface area is 141 Å². The Kier molecular flexibility index (Phi) is 4.96. The van der Waals surface area contributed by atoms with Crippen molar-refractivity contribution in [1.29, 1.82) is 0 Å². The van der Waals surface area contributed by atoms with Gasteiger partial charge in [-0.25, -0.2) is 0 Å². The van der Waals surface area contributed by atoms with Gasteiger partial charge in [-0.3, -0.25) is 4.79 Å². The van der Waals surface area contributed by atoms with Crippen molar-refractivity contribution in [3.63, 3.8) is 0 Å². The van der Waals surface area contributed by atoms with Gasteiger partial charge >= 0.3 is 0 Å². The van der Waals surface area contributed by atoms with Crippen molar-refractivity contribution in [2.24, 2.45) is 0 Å². The fraction of sp³-hybridized carbons (Fsp3) is 0.150. The number of carbonyl (C=O) groups excluding carboxylic acids is 1. The van der Waals surface area contributed by atoms with Crippen molar-refractivity contribution >= 4 is 16.7 Å². The number of methoxy groups -OCH3 is 1. The Balaban J connectivity index is 1.65. The second-order valence-corrected chi connectivity index (χ2v) is 5.32. The topological polar surface area (TPSA) is 47.6 Å². The summed E-state index contributed by atoms with van der Waals surface area (Å²) >= 11 is 0. The molecular formula is C20H19NO3. The summed E-state index contributed by atoms with van der Waals surface area (Å²) in [5.41, 5.74) is 0.524. The third-order valence-corrected chi connectivity index (χ3v) is 3.71. The third-order valence-electron chi connectivity index (χ3n) is 3.71. The maximum atomic E-state index is 12.4. The quantitative estimate of drug-likeness (QED) is 0.705. The molecule has 0 atom stereocenters. The molecule has 24 heavy (non-hydrogen) atoms. The van der Waals surface area contributed by atoms with Crippen LogP contribution in [0.4, 0.5) is 0 Å². The summed E-state index contributed by atoms with van der Waals surface area (Å²) in [6, 6.07) is 21.1. The Morgan fingerprint density at radius 2 is 1.62 bits per heavy atom. The predicted octanol–water partition coefficient (Wildman–Crippen LogP) is 3.66. The molecule has 0 spiro atoms. The van der Waals surface area contributed by atoms with Gasteiger partial charge in [-0.15, -0.1) is 0 Å². The zero-order chi connectivity index (χ0) is 16.8. The van der Waals surface area contributed by atoms with Crippen LogP contribution in [-0.4, -0.2) is 26.2 Å². The van der Waals surface area contributed by atoms with Gasteiger partial charge < -0.3 is 14.8 Å². The number of nitrogens with one attached hydrogen (secondary N) is 1. The van der Waals surface area contributed by atoms with E-state index in [1.165, 1.54) is 0 Å². The summed E-state index contributed by atoms with van der Waals surface area (Å²) in [7, 11) is 1.57. The number of ether oxygens (including phenoxy) is 2. The molecule has 0 aliphatic heterocycles. The van der Waals surface area contributed by atoms with Crippen LogP contribution in [0, 0.1) is 0 Å². The molecule has 4 nitrogen and oxygen atoms in total. The molecule has 3 aromatic rings. The molecule has 122 valence electrons. The number of benzene rings is 3. The van der Waals surface area contributed by atoms with Crippen molar-refractivity contribution in [3.05, 3.63) is 72.3 Å². The summed E-state index contributed by atoms with van der Waals surface area (Å²) in [6.45, 7) is 0.829. The standard InChI is InChI=1S/C20H19NO3/c1-23-19-14-16-8-6-5-7-15(16)13-18(19)20(22)21-11-12-24-17-9-3-2-4-10-17/h2-10,13-14H,11-12H2,1H3,(H,21,22). The van der Waals surface area contributed by atoms with Crippen LogP contribution in [0.25, 0.3) is 10.8 Å². The van der Waals surface area contributed by atoms with Crippen molar-refractivity contribution in [2.45, 2.75) is 0 Å². The van der Waals surface area contributed by atoms with E-state index in [9.17, 15) is 4.79 Å². The Bertz CT molecular complexity index is 831. The first-order valence-electron chi connectivity index (χ1n) is 7.81. The second kappa shape index (κ2) is 7.51. The first kappa shape index (κ1) is 15.9. The molecule has 1 N–H and O–H groups in total. The molecule has 0 saturated carbocycles. The van der Waals surface area contributed by atoms with Crippen molar-refractivity contribution in [2.75, 3.05) is 20.3 Å². The van der Waals surface area contributed by atoms with Gasteiger partial charge in [-0.2, -0.15) is 0 Å². The lowest BCUT2D eigenvalue weighted by Gasteiger charge is -2.11. The molecule has 1 amide bonds. The molecule has 0 aromatic heterocycles. The summed E-state index contributed by atoms with van der Waals surface area (Å²) < 4.78 is 10.9. The molecule has 0 unspecified atom stereocenters. The molecule has 4 heteroatoms. The number of para-hydroxylation sites is 1. The van der Waals surface area contributed by atoms with E-state index in [1.54, 1.807) is 7.11 Å². The van der Waals surface area contributed by atoms with E-state index < -0.39 is 0 Å². The van der Waals surface area contributed by atoms with E-state index in [4.69, 9.17) is 9.47 Å². The number of carbonyl (C=O) groups is 1. The second-order valence-electron chi connectivity index (χ2n) is 5.32. The van der Waals surface area contributed by atoms with E-state index >= 15 is 0 Å². The van der Waals surface area contributed by atoms with Gasteiger partial charge in [0.15, 0.2) is 0 Å². The summed E-state index contributed by atoms with van der Waals surface area (Å²) in [5.74, 6) is 1.18. The highest BCUT2D eigenvalue weighted by Gasteiger charge is 2.13. The highest BCUT2D eigenvalue weighted by molar-refractivity contribution is 6.01. The van der Waals surface area contributed by atoms with E-state index in [-0.39, 0.29) is 5.91 Å². The van der Waals surface area contributed by atoms with Gasteiger partial charge in [0.25, 0.3) is 5.91 Å². The molecule has 3 rings (SSSR count). The zero-order valence-electron chi connectivity index (χ0n) is 13.5. The Morgan fingerprint density at radius 1 is 0.958 bits per heavy atom. The van der Waals surface area contributed by atoms with E-state index in [0.717, 1.165) is 16.5 Å². The molecule has 0 aliphatic carbocycles. The van der Waals surface area contributed by atoms with Gasteiger partial charge in [0.05, 0.1) is 19.2 Å². The molecule has 3 aromatic carbocycles. The maximum Gasteiger partial charge on any atom is 0.255 e. The first-order chi connectivity index (χ1) is 11.8. The summed E-state index contributed by atoms with van der Waals surface area (Å²) in [5, 5.41) is 4.91. The fourth-order valence-corrected chi connectivity index (χ4v) is 2.51. The third kappa shape index (κ3) is 3.66. The number of fused-ring (bicyclic) bond motifs is 1. The summed E-state index contributed by atoms with van der Waals surface area (Å²) in [6.07, 6.45) is 0. The van der Waals surface area contributed by atoms with Crippen molar-refractivity contribution < 1.29 is 14.3 Å². The van der Waals surface area contributed by atoms with Crippen molar-refractivity contribution in [1.82, 2.24) is 5.32 Å². The molecule has 0 fully saturated rings. The maximum absolute atomic E-state index is 12.4. The van der Waals surface area contributed by atoms with Gasteiger partial charge in [-0.1, -0.05) is 42.5 Å². The minimum atomic E-state index is -0.172. The van der Waals surface area contributed by atoms with Crippen LogP contribution in [-0.2, 0) is 0 Å². The molecule has 0 bridgehead atoms. The van der Waals surface area contributed by atoms with Gasteiger partial charge in [0, 0.05) is 0 Å². The van der Waals surface area contributed by atoms with E-state index in [2.05, 4.69) is 5.32 Å². The monoisotopic (exact) mass is 321 g/mol. The number of amides is 1. The highest BCUT2D eigenvalue weighted by atomic mass is 16.5. The highest BCUT2D eigenvalue weighted by Crippen LogP contribution is 2.25. The molecule has 0 saturated heterocycles. The average Bonchev–Trinajstić information content (AvgIpc) is 2.64. The molecule has 0 radical (unpaired) electrons. The molecule has 0 heterocycles. The van der Waals surface area contributed by atoms with Crippen LogP contribution in [0.3, 0.4) is 0 Å². The summed E-state index contributed by atoms with van der Waals surface area (Å²) in [4.78, 5) is 12.4. The van der Waals surface area contributed by atoms with Gasteiger partial charge in [0.2, 0.25) is 0 Å². The van der Waals surface area contributed by atoms with Gasteiger partial charge in [0.1, 0.15) is 18.1 Å². The van der Waals surface area contributed by atoms with E-state index in [1.807, 2.05) is 66.7 Å². The number of hydrogen-bond donors (Lipinski definition) is 1. The van der Waals surface area contributed by atoms with Crippen LogP contribution >= 0.6 is 0 Å². The van der Waals surface area contributed by atoms with Crippen LogP contribution in [0.2, 0.25) is 0 Å².